The standard InChI is InChI=1S/C15H11Cl2N3OS2/c1-22-9-4-2-8(3-5-9)14(21)19-20-15-18-13-11(23-15)7-6-10(16)12(13)17/h2-7H,1H3,(H,18,20)(H,19,21). The van der Waals surface area contributed by atoms with Crippen molar-refractivity contribution in [1.29, 1.82) is 0 Å². The molecule has 0 atom stereocenters. The number of nitrogens with one attached hydrogen (secondary N) is 2. The van der Waals surface area contributed by atoms with Crippen molar-refractivity contribution in [3.8, 4) is 0 Å². The van der Waals surface area contributed by atoms with Crippen LogP contribution in [0.25, 0.3) is 10.2 Å². The van der Waals surface area contributed by atoms with Crippen molar-refractivity contribution < 1.29 is 4.79 Å². The average molecular weight is 384 g/mol. The van der Waals surface area contributed by atoms with Gasteiger partial charge in [-0.3, -0.25) is 15.6 Å². The molecule has 0 saturated carbocycles. The number of aromatic nitrogens is 1. The summed E-state index contributed by atoms with van der Waals surface area (Å²) in [4.78, 5) is 17.5. The second kappa shape index (κ2) is 6.97. The maximum absolute atomic E-state index is 12.1. The van der Waals surface area contributed by atoms with Gasteiger partial charge in [0, 0.05) is 10.5 Å². The second-order valence-corrected chi connectivity index (χ2v) is 7.23. The summed E-state index contributed by atoms with van der Waals surface area (Å²) in [5.41, 5.74) is 6.62. The number of anilines is 1. The topological polar surface area (TPSA) is 54.0 Å². The van der Waals surface area contributed by atoms with Gasteiger partial charge < -0.3 is 0 Å². The van der Waals surface area contributed by atoms with E-state index in [0.717, 1.165) is 9.60 Å². The zero-order valence-corrected chi connectivity index (χ0v) is 15.0. The minimum absolute atomic E-state index is 0.235. The lowest BCUT2D eigenvalue weighted by atomic mass is 10.2. The summed E-state index contributed by atoms with van der Waals surface area (Å²) in [6.07, 6.45) is 1.99. The molecule has 0 aliphatic heterocycles. The third kappa shape index (κ3) is 3.55. The first-order valence-electron chi connectivity index (χ1n) is 6.53. The largest absolute Gasteiger partial charge is 0.273 e. The van der Waals surface area contributed by atoms with Crippen LogP contribution in [0.4, 0.5) is 5.13 Å². The molecule has 0 aliphatic rings. The minimum atomic E-state index is -0.235. The van der Waals surface area contributed by atoms with Crippen LogP contribution in [0.3, 0.4) is 0 Å². The van der Waals surface area contributed by atoms with Gasteiger partial charge in [-0.1, -0.05) is 34.5 Å². The number of rotatable bonds is 4. The number of thiazole rings is 1. The summed E-state index contributed by atoms with van der Waals surface area (Å²) in [5.74, 6) is -0.235. The molecule has 2 aromatic carbocycles. The monoisotopic (exact) mass is 383 g/mol. The van der Waals surface area contributed by atoms with Crippen LogP contribution in [0.5, 0.6) is 0 Å². The van der Waals surface area contributed by atoms with Crippen molar-refractivity contribution in [3.05, 3.63) is 52.0 Å². The van der Waals surface area contributed by atoms with Crippen LogP contribution in [0.15, 0.2) is 41.3 Å². The first kappa shape index (κ1) is 16.4. The molecular formula is C15H11Cl2N3OS2. The molecule has 0 saturated heterocycles. The quantitative estimate of drug-likeness (QED) is 0.487. The Hall–Kier alpha value is -1.47. The van der Waals surface area contributed by atoms with E-state index in [1.54, 1.807) is 30.0 Å². The molecule has 0 radical (unpaired) electrons. The summed E-state index contributed by atoms with van der Waals surface area (Å²) in [7, 11) is 0. The predicted octanol–water partition coefficient (Wildman–Crippen LogP) is 5.08. The number of carbonyl (C=O) groups is 1. The van der Waals surface area contributed by atoms with Gasteiger partial charge >= 0.3 is 0 Å². The summed E-state index contributed by atoms with van der Waals surface area (Å²) in [6, 6.07) is 10.9. The molecule has 0 aliphatic carbocycles. The Morgan fingerprint density at radius 1 is 1.17 bits per heavy atom. The normalized spacial score (nSPS) is 10.7. The highest BCUT2D eigenvalue weighted by atomic mass is 35.5. The number of carbonyl (C=O) groups excluding carboxylic acids is 1. The van der Waals surface area contributed by atoms with Gasteiger partial charge in [-0.2, -0.15) is 0 Å². The van der Waals surface area contributed by atoms with E-state index >= 15 is 0 Å². The molecule has 1 amide bonds. The molecule has 3 rings (SSSR count). The first-order chi connectivity index (χ1) is 11.1. The van der Waals surface area contributed by atoms with Crippen molar-refractivity contribution in [1.82, 2.24) is 10.4 Å². The molecule has 23 heavy (non-hydrogen) atoms. The predicted molar refractivity (Wildman–Crippen MR) is 99.0 cm³/mol. The Morgan fingerprint density at radius 2 is 1.91 bits per heavy atom. The molecule has 1 heterocycles. The third-order valence-corrected chi connectivity index (χ3v) is 5.56. The number of halogens is 2. The minimum Gasteiger partial charge on any atom is -0.273 e. The highest BCUT2D eigenvalue weighted by Crippen LogP contribution is 2.34. The fourth-order valence-electron chi connectivity index (χ4n) is 1.92. The molecule has 0 bridgehead atoms. The maximum atomic E-state index is 12.1. The Bertz CT molecular complexity index is 865. The van der Waals surface area contributed by atoms with Gasteiger partial charge in [0.15, 0.2) is 0 Å². The van der Waals surface area contributed by atoms with Crippen LogP contribution in [0.1, 0.15) is 10.4 Å². The van der Waals surface area contributed by atoms with E-state index in [1.165, 1.54) is 11.3 Å². The molecule has 0 spiro atoms. The lowest BCUT2D eigenvalue weighted by Gasteiger charge is -2.05. The number of hydrogen-bond donors (Lipinski definition) is 2. The highest BCUT2D eigenvalue weighted by Gasteiger charge is 2.11. The summed E-state index contributed by atoms with van der Waals surface area (Å²) in [6.45, 7) is 0. The van der Waals surface area contributed by atoms with Gasteiger partial charge in [0.1, 0.15) is 5.52 Å². The van der Waals surface area contributed by atoms with E-state index in [1.807, 2.05) is 24.5 Å². The number of thioether (sulfide) groups is 1. The molecule has 2 N–H and O–H groups in total. The molecular weight excluding hydrogens is 373 g/mol. The zero-order chi connectivity index (χ0) is 16.4. The van der Waals surface area contributed by atoms with Gasteiger partial charge in [-0.15, -0.1) is 11.8 Å². The van der Waals surface area contributed by atoms with Crippen molar-refractivity contribution in [3.63, 3.8) is 0 Å². The number of hydrogen-bond acceptors (Lipinski definition) is 5. The summed E-state index contributed by atoms with van der Waals surface area (Å²) < 4.78 is 0.889. The zero-order valence-electron chi connectivity index (χ0n) is 11.9. The van der Waals surface area contributed by atoms with Crippen LogP contribution in [-0.2, 0) is 0 Å². The Labute approximate surface area is 151 Å². The van der Waals surface area contributed by atoms with E-state index in [0.29, 0.717) is 26.3 Å². The lowest BCUT2D eigenvalue weighted by molar-refractivity contribution is 0.0962. The van der Waals surface area contributed by atoms with Crippen LogP contribution in [-0.4, -0.2) is 17.1 Å². The van der Waals surface area contributed by atoms with E-state index in [9.17, 15) is 4.79 Å². The second-order valence-electron chi connectivity index (χ2n) is 4.53. The number of benzene rings is 2. The average Bonchev–Trinajstić information content (AvgIpc) is 3.00. The molecule has 0 unspecified atom stereocenters. The smallest absolute Gasteiger partial charge is 0.269 e. The van der Waals surface area contributed by atoms with Crippen LogP contribution in [0.2, 0.25) is 10.0 Å². The molecule has 4 nitrogen and oxygen atoms in total. The molecule has 1 aromatic heterocycles. The number of fused-ring (bicyclic) bond motifs is 1. The van der Waals surface area contributed by atoms with E-state index in [-0.39, 0.29) is 5.91 Å². The maximum Gasteiger partial charge on any atom is 0.269 e. The SMILES string of the molecule is CSc1ccc(C(=O)NNc2nc3c(Cl)c(Cl)ccc3s2)cc1. The molecule has 3 aromatic rings. The third-order valence-electron chi connectivity index (χ3n) is 3.09. The molecule has 118 valence electrons. The Balaban J connectivity index is 1.72. The highest BCUT2D eigenvalue weighted by molar-refractivity contribution is 7.98. The lowest BCUT2D eigenvalue weighted by Crippen LogP contribution is -2.29. The van der Waals surface area contributed by atoms with E-state index in [2.05, 4.69) is 15.8 Å². The molecule has 8 heteroatoms. The van der Waals surface area contributed by atoms with Gasteiger partial charge in [-0.05, 0) is 42.7 Å². The van der Waals surface area contributed by atoms with Crippen molar-refractivity contribution in [2.75, 3.05) is 11.7 Å². The number of nitrogens with zero attached hydrogens (tertiary/aromatic N) is 1. The van der Waals surface area contributed by atoms with Gasteiger partial charge in [0.25, 0.3) is 5.91 Å². The Kier molecular flexibility index (Phi) is 4.96. The van der Waals surface area contributed by atoms with Crippen LogP contribution >= 0.6 is 46.3 Å². The Morgan fingerprint density at radius 3 is 2.61 bits per heavy atom. The summed E-state index contributed by atoms with van der Waals surface area (Å²) >= 11 is 15.1. The van der Waals surface area contributed by atoms with Crippen LogP contribution < -0.4 is 10.9 Å². The number of amides is 1. The van der Waals surface area contributed by atoms with E-state index < -0.39 is 0 Å². The van der Waals surface area contributed by atoms with Crippen molar-refractivity contribution >= 4 is 67.6 Å². The van der Waals surface area contributed by atoms with Crippen molar-refractivity contribution in [2.45, 2.75) is 4.90 Å². The summed E-state index contributed by atoms with van der Waals surface area (Å²) in [5, 5.41) is 1.40. The first-order valence-corrected chi connectivity index (χ1v) is 9.33. The van der Waals surface area contributed by atoms with Gasteiger partial charge in [0.05, 0.1) is 14.7 Å². The van der Waals surface area contributed by atoms with E-state index in [4.69, 9.17) is 23.2 Å². The fourth-order valence-corrected chi connectivity index (χ4v) is 3.57. The molecule has 0 fully saturated rings. The van der Waals surface area contributed by atoms with Gasteiger partial charge in [0.2, 0.25) is 5.13 Å². The fraction of sp³-hybridized carbons (Fsp3) is 0.0667. The van der Waals surface area contributed by atoms with Crippen LogP contribution in [0, 0.1) is 0 Å². The van der Waals surface area contributed by atoms with Gasteiger partial charge in [-0.25, -0.2) is 4.98 Å². The van der Waals surface area contributed by atoms with Crippen molar-refractivity contribution in [2.24, 2.45) is 0 Å². The number of hydrazine groups is 1.